The first-order valence-electron chi connectivity index (χ1n) is 7.77. The first-order chi connectivity index (χ1) is 12.3. The molecule has 0 bridgehead atoms. The highest BCUT2D eigenvalue weighted by Gasteiger charge is 2.27. The van der Waals surface area contributed by atoms with Gasteiger partial charge < -0.3 is 10.6 Å². The molecule has 2 N–H and O–H groups in total. The van der Waals surface area contributed by atoms with E-state index in [0.29, 0.717) is 23.2 Å². The van der Waals surface area contributed by atoms with E-state index in [2.05, 4.69) is 40.8 Å². The Morgan fingerprint density at radius 3 is 2.72 bits per heavy atom. The molecule has 1 saturated carbocycles. The van der Waals surface area contributed by atoms with Gasteiger partial charge in [0.15, 0.2) is 17.3 Å². The Morgan fingerprint density at radius 2 is 2.00 bits per heavy atom. The van der Waals surface area contributed by atoms with Crippen LogP contribution in [0.1, 0.15) is 34.9 Å². The molecule has 0 spiro atoms. The van der Waals surface area contributed by atoms with Crippen LogP contribution in [0.25, 0.3) is 0 Å². The molecule has 0 unspecified atom stereocenters. The van der Waals surface area contributed by atoms with Gasteiger partial charge in [-0.25, -0.2) is 19.9 Å². The summed E-state index contributed by atoms with van der Waals surface area (Å²) in [6.07, 6.45) is 9.98. The highest BCUT2D eigenvalue weighted by atomic mass is 16.2. The summed E-state index contributed by atoms with van der Waals surface area (Å²) < 4.78 is 0. The van der Waals surface area contributed by atoms with Crippen molar-refractivity contribution < 1.29 is 4.79 Å². The molecule has 4 rings (SSSR count). The van der Waals surface area contributed by atoms with Gasteiger partial charge in [-0.2, -0.15) is 5.10 Å². The Hall–Kier alpha value is -3.49. The molecule has 1 aliphatic carbocycles. The highest BCUT2D eigenvalue weighted by molar-refractivity contribution is 6.05. The first kappa shape index (κ1) is 15.1. The van der Waals surface area contributed by atoms with Gasteiger partial charge in [0.2, 0.25) is 0 Å². The summed E-state index contributed by atoms with van der Waals surface area (Å²) in [7, 11) is 0. The van der Waals surface area contributed by atoms with Gasteiger partial charge in [0.25, 0.3) is 5.91 Å². The molecule has 0 aliphatic heterocycles. The number of carbonyl (C=O) groups excluding carboxylic acids is 1. The number of aromatic nitrogens is 6. The van der Waals surface area contributed by atoms with Crippen LogP contribution in [0.15, 0.2) is 43.2 Å². The molecule has 1 amide bonds. The summed E-state index contributed by atoms with van der Waals surface area (Å²) in [5.41, 5.74) is 1.63. The van der Waals surface area contributed by atoms with E-state index in [4.69, 9.17) is 0 Å². The summed E-state index contributed by atoms with van der Waals surface area (Å²) in [4.78, 5) is 29.4. The maximum absolute atomic E-state index is 12.7. The van der Waals surface area contributed by atoms with E-state index in [-0.39, 0.29) is 5.69 Å². The van der Waals surface area contributed by atoms with Crippen molar-refractivity contribution in [2.24, 2.45) is 0 Å². The minimum atomic E-state index is -0.408. The van der Waals surface area contributed by atoms with Gasteiger partial charge in [0.1, 0.15) is 6.33 Å². The molecule has 3 aromatic rings. The Bertz CT molecular complexity index is 883. The number of nitrogens with one attached hydrogen (secondary N) is 2. The van der Waals surface area contributed by atoms with E-state index in [1.54, 1.807) is 30.7 Å². The van der Waals surface area contributed by atoms with Crippen molar-refractivity contribution in [2.75, 3.05) is 10.6 Å². The number of rotatable bonds is 5. The smallest absolute Gasteiger partial charge is 0.279 e. The maximum Gasteiger partial charge on any atom is 0.279 e. The average molecular weight is 334 g/mol. The lowest BCUT2D eigenvalue weighted by atomic mass is 10.2. The van der Waals surface area contributed by atoms with Gasteiger partial charge in [0.05, 0.1) is 30.0 Å². The molecular formula is C16H14N8O. The molecule has 1 aliphatic rings. The third-order valence-corrected chi connectivity index (χ3v) is 3.64. The van der Waals surface area contributed by atoms with Crippen LogP contribution in [0.4, 0.5) is 17.3 Å². The van der Waals surface area contributed by atoms with Crippen molar-refractivity contribution in [1.82, 2.24) is 30.1 Å². The molecule has 0 aromatic carbocycles. The van der Waals surface area contributed by atoms with E-state index in [9.17, 15) is 4.79 Å². The summed E-state index contributed by atoms with van der Waals surface area (Å²) in [6, 6.07) is 3.34. The molecule has 1 fully saturated rings. The monoisotopic (exact) mass is 334 g/mol. The van der Waals surface area contributed by atoms with Crippen LogP contribution in [0.3, 0.4) is 0 Å². The molecule has 0 saturated heterocycles. The predicted octanol–water partition coefficient (Wildman–Crippen LogP) is 1.93. The van der Waals surface area contributed by atoms with Crippen LogP contribution < -0.4 is 10.6 Å². The van der Waals surface area contributed by atoms with E-state index < -0.39 is 5.91 Å². The number of carbonyl (C=O) groups is 1. The van der Waals surface area contributed by atoms with Crippen molar-refractivity contribution in [3.05, 3.63) is 54.6 Å². The SMILES string of the molecule is O=C(Nc1cccnn1)c1nc(C2CC2)cnc1Nc1cncnc1. The molecule has 0 atom stereocenters. The fraction of sp³-hybridized carbons (Fsp3) is 0.188. The van der Waals surface area contributed by atoms with Crippen molar-refractivity contribution in [2.45, 2.75) is 18.8 Å². The number of hydrogen-bond acceptors (Lipinski definition) is 8. The topological polar surface area (TPSA) is 118 Å². The summed E-state index contributed by atoms with van der Waals surface area (Å²) in [6.45, 7) is 0. The van der Waals surface area contributed by atoms with Gasteiger partial charge in [-0.1, -0.05) is 0 Å². The Labute approximate surface area is 143 Å². The molecule has 9 nitrogen and oxygen atoms in total. The van der Waals surface area contributed by atoms with Crippen LogP contribution >= 0.6 is 0 Å². The Balaban J connectivity index is 1.65. The normalized spacial score (nSPS) is 13.3. The largest absolute Gasteiger partial charge is 0.336 e. The maximum atomic E-state index is 12.7. The molecule has 124 valence electrons. The van der Waals surface area contributed by atoms with Gasteiger partial charge in [-0.3, -0.25) is 4.79 Å². The second-order valence-electron chi connectivity index (χ2n) is 5.58. The highest BCUT2D eigenvalue weighted by Crippen LogP contribution is 2.39. The van der Waals surface area contributed by atoms with Gasteiger partial charge in [0, 0.05) is 12.1 Å². The van der Waals surface area contributed by atoms with E-state index in [1.165, 1.54) is 12.5 Å². The van der Waals surface area contributed by atoms with Crippen LogP contribution in [-0.4, -0.2) is 36.0 Å². The Morgan fingerprint density at radius 1 is 1.16 bits per heavy atom. The fourth-order valence-corrected chi connectivity index (χ4v) is 2.27. The van der Waals surface area contributed by atoms with Crippen LogP contribution in [0, 0.1) is 0 Å². The van der Waals surface area contributed by atoms with Gasteiger partial charge in [-0.05, 0) is 25.0 Å². The van der Waals surface area contributed by atoms with Crippen molar-refractivity contribution >= 4 is 23.2 Å². The van der Waals surface area contributed by atoms with Crippen molar-refractivity contribution in [1.29, 1.82) is 0 Å². The lowest BCUT2D eigenvalue weighted by Crippen LogP contribution is -2.18. The zero-order valence-electron chi connectivity index (χ0n) is 13.1. The summed E-state index contributed by atoms with van der Waals surface area (Å²) in [5, 5.41) is 13.3. The fourth-order valence-electron chi connectivity index (χ4n) is 2.27. The Kier molecular flexibility index (Phi) is 3.95. The van der Waals surface area contributed by atoms with Crippen LogP contribution in [-0.2, 0) is 0 Å². The number of hydrogen-bond donors (Lipinski definition) is 2. The predicted molar refractivity (Wildman–Crippen MR) is 89.3 cm³/mol. The second-order valence-corrected chi connectivity index (χ2v) is 5.58. The molecule has 3 aromatic heterocycles. The standard InChI is InChI=1S/C16H14N8O/c25-16(23-13-2-1-5-20-24-13)14-15(21-11-6-17-9-18-7-11)19-8-12(22-14)10-3-4-10/h1-2,5-10H,3-4H2,(H,19,21)(H,23,24,25). The van der Waals surface area contributed by atoms with Gasteiger partial charge >= 0.3 is 0 Å². The molecule has 0 radical (unpaired) electrons. The molecule has 25 heavy (non-hydrogen) atoms. The third-order valence-electron chi connectivity index (χ3n) is 3.64. The lowest BCUT2D eigenvalue weighted by molar-refractivity contribution is 0.102. The summed E-state index contributed by atoms with van der Waals surface area (Å²) >= 11 is 0. The summed E-state index contributed by atoms with van der Waals surface area (Å²) in [5.74, 6) is 0.653. The minimum absolute atomic E-state index is 0.193. The van der Waals surface area contributed by atoms with Crippen molar-refractivity contribution in [3.8, 4) is 0 Å². The first-order valence-corrected chi connectivity index (χ1v) is 7.77. The number of nitrogens with zero attached hydrogens (tertiary/aromatic N) is 6. The average Bonchev–Trinajstić information content (AvgIpc) is 3.49. The van der Waals surface area contributed by atoms with Crippen LogP contribution in [0.2, 0.25) is 0 Å². The molecular weight excluding hydrogens is 320 g/mol. The minimum Gasteiger partial charge on any atom is -0.336 e. The third kappa shape index (κ3) is 3.55. The zero-order chi connectivity index (χ0) is 17.1. The molecule has 3 heterocycles. The van der Waals surface area contributed by atoms with E-state index in [0.717, 1.165) is 18.5 Å². The van der Waals surface area contributed by atoms with E-state index >= 15 is 0 Å². The number of anilines is 3. The van der Waals surface area contributed by atoms with Crippen molar-refractivity contribution in [3.63, 3.8) is 0 Å². The van der Waals surface area contributed by atoms with Gasteiger partial charge in [-0.15, -0.1) is 5.10 Å². The van der Waals surface area contributed by atoms with Crippen LogP contribution in [0.5, 0.6) is 0 Å². The number of amides is 1. The van der Waals surface area contributed by atoms with E-state index in [1.807, 2.05) is 0 Å². The quantitative estimate of drug-likeness (QED) is 0.726. The second kappa shape index (κ2) is 6.56. The lowest BCUT2D eigenvalue weighted by Gasteiger charge is -2.11. The zero-order valence-corrected chi connectivity index (χ0v) is 13.1. The molecule has 9 heteroatoms.